The summed E-state index contributed by atoms with van der Waals surface area (Å²) in [6.45, 7) is 3.77. The van der Waals surface area contributed by atoms with E-state index in [-0.39, 0.29) is 11.1 Å². The highest BCUT2D eigenvalue weighted by molar-refractivity contribution is 5.94. The van der Waals surface area contributed by atoms with E-state index in [0.29, 0.717) is 5.92 Å². The van der Waals surface area contributed by atoms with Gasteiger partial charge in [0.2, 0.25) is 5.95 Å². The smallest absolute Gasteiger partial charge is 0.254 e. The quantitative estimate of drug-likeness (QED) is 0.823. The number of hydrogen-bond acceptors (Lipinski definition) is 2. The van der Waals surface area contributed by atoms with Gasteiger partial charge in [0.15, 0.2) is 5.82 Å². The summed E-state index contributed by atoms with van der Waals surface area (Å²) in [6.07, 6.45) is 3.19. The van der Waals surface area contributed by atoms with E-state index in [1.807, 2.05) is 13.8 Å². The Morgan fingerprint density at radius 3 is 2.71 bits per heavy atom. The molecule has 0 saturated heterocycles. The molecule has 0 radical (unpaired) electrons. The van der Waals surface area contributed by atoms with E-state index in [4.69, 9.17) is 0 Å². The van der Waals surface area contributed by atoms with Crippen molar-refractivity contribution in [3.8, 4) is 0 Å². The highest BCUT2D eigenvalue weighted by Crippen LogP contribution is 2.39. The molecule has 1 amide bonds. The SMILES string of the molecule is CC(C)(NC(=O)c1ccnc(F)c1F)C1CC1. The number of nitrogens with zero attached hydrogens (tertiary/aromatic N) is 1. The van der Waals surface area contributed by atoms with Crippen LogP contribution in [0, 0.1) is 17.7 Å². The third-order valence-electron chi connectivity index (χ3n) is 3.12. The molecule has 17 heavy (non-hydrogen) atoms. The van der Waals surface area contributed by atoms with E-state index in [2.05, 4.69) is 10.3 Å². The first-order chi connectivity index (χ1) is 7.92. The van der Waals surface area contributed by atoms with Gasteiger partial charge in [0.05, 0.1) is 5.56 Å². The van der Waals surface area contributed by atoms with E-state index in [1.165, 1.54) is 6.07 Å². The summed E-state index contributed by atoms with van der Waals surface area (Å²) in [6, 6.07) is 1.18. The summed E-state index contributed by atoms with van der Waals surface area (Å²) in [7, 11) is 0. The van der Waals surface area contributed by atoms with Gasteiger partial charge in [-0.2, -0.15) is 4.39 Å². The lowest BCUT2D eigenvalue weighted by Gasteiger charge is -2.26. The van der Waals surface area contributed by atoms with Gasteiger partial charge in [-0.05, 0) is 38.7 Å². The van der Waals surface area contributed by atoms with Gasteiger partial charge in [-0.1, -0.05) is 0 Å². The van der Waals surface area contributed by atoms with Crippen LogP contribution >= 0.6 is 0 Å². The van der Waals surface area contributed by atoms with E-state index in [0.717, 1.165) is 19.0 Å². The topological polar surface area (TPSA) is 42.0 Å². The standard InChI is InChI=1S/C12H14F2N2O/c1-12(2,7-3-4-7)16-11(17)8-5-6-15-10(14)9(8)13/h5-7H,3-4H2,1-2H3,(H,16,17). The van der Waals surface area contributed by atoms with Crippen molar-refractivity contribution >= 4 is 5.91 Å². The summed E-state index contributed by atoms with van der Waals surface area (Å²) in [5.41, 5.74) is -0.685. The third-order valence-corrected chi connectivity index (χ3v) is 3.12. The second kappa shape index (κ2) is 4.05. The van der Waals surface area contributed by atoms with Crippen LogP contribution < -0.4 is 5.32 Å². The van der Waals surface area contributed by atoms with E-state index in [1.54, 1.807) is 0 Å². The van der Waals surface area contributed by atoms with Crippen molar-refractivity contribution in [3.63, 3.8) is 0 Å². The van der Waals surface area contributed by atoms with Crippen LogP contribution in [-0.2, 0) is 0 Å². The van der Waals surface area contributed by atoms with Gasteiger partial charge in [0.1, 0.15) is 0 Å². The van der Waals surface area contributed by atoms with Crippen LogP contribution in [-0.4, -0.2) is 16.4 Å². The molecule has 0 atom stereocenters. The highest BCUT2D eigenvalue weighted by Gasteiger charge is 2.39. The zero-order valence-corrected chi connectivity index (χ0v) is 9.76. The molecule has 1 aromatic heterocycles. The average Bonchev–Trinajstić information content (AvgIpc) is 3.04. The maximum Gasteiger partial charge on any atom is 0.254 e. The first-order valence-electron chi connectivity index (χ1n) is 5.54. The number of aromatic nitrogens is 1. The summed E-state index contributed by atoms with van der Waals surface area (Å²) in [4.78, 5) is 15.0. The fourth-order valence-corrected chi connectivity index (χ4v) is 1.86. The molecule has 92 valence electrons. The summed E-state index contributed by atoms with van der Waals surface area (Å²) < 4.78 is 26.2. The number of halogens is 2. The number of pyridine rings is 1. The maximum atomic E-state index is 13.3. The Hall–Kier alpha value is -1.52. The molecule has 3 nitrogen and oxygen atoms in total. The summed E-state index contributed by atoms with van der Waals surface area (Å²) >= 11 is 0. The lowest BCUT2D eigenvalue weighted by atomic mass is 9.98. The molecule has 2 rings (SSSR count). The molecule has 1 aliphatic rings. The zero-order valence-electron chi connectivity index (χ0n) is 9.76. The highest BCUT2D eigenvalue weighted by atomic mass is 19.2. The van der Waals surface area contributed by atoms with Crippen LogP contribution in [0.5, 0.6) is 0 Å². The number of rotatable bonds is 3. The molecule has 1 heterocycles. The van der Waals surface area contributed by atoms with Gasteiger partial charge in [0, 0.05) is 11.7 Å². The van der Waals surface area contributed by atoms with Crippen molar-refractivity contribution in [2.24, 2.45) is 5.92 Å². The molecule has 1 aromatic rings. The van der Waals surface area contributed by atoms with Crippen LogP contribution in [0.3, 0.4) is 0 Å². The lowest BCUT2D eigenvalue weighted by molar-refractivity contribution is 0.0897. The Morgan fingerprint density at radius 1 is 1.47 bits per heavy atom. The lowest BCUT2D eigenvalue weighted by Crippen LogP contribution is -2.45. The van der Waals surface area contributed by atoms with Gasteiger partial charge in [-0.15, -0.1) is 0 Å². The minimum Gasteiger partial charge on any atom is -0.347 e. The Balaban J connectivity index is 2.17. The van der Waals surface area contributed by atoms with Crippen LogP contribution in [0.15, 0.2) is 12.3 Å². The molecule has 5 heteroatoms. The minimum atomic E-state index is -1.25. The second-order valence-electron chi connectivity index (χ2n) is 4.91. The fraction of sp³-hybridized carbons (Fsp3) is 0.500. The molecule has 1 aliphatic carbocycles. The van der Waals surface area contributed by atoms with Crippen LogP contribution in [0.25, 0.3) is 0 Å². The predicted molar refractivity (Wildman–Crippen MR) is 58.4 cm³/mol. The van der Waals surface area contributed by atoms with E-state index >= 15 is 0 Å². The van der Waals surface area contributed by atoms with Gasteiger partial charge in [-0.25, -0.2) is 9.37 Å². The third kappa shape index (κ3) is 2.43. The molecule has 0 bridgehead atoms. The predicted octanol–water partition coefficient (Wildman–Crippen LogP) is 2.28. The van der Waals surface area contributed by atoms with Crippen LogP contribution in [0.2, 0.25) is 0 Å². The van der Waals surface area contributed by atoms with Crippen LogP contribution in [0.4, 0.5) is 8.78 Å². The first kappa shape index (κ1) is 12.0. The van der Waals surface area contributed by atoms with E-state index < -0.39 is 17.7 Å². The largest absolute Gasteiger partial charge is 0.347 e. The molecule has 0 aliphatic heterocycles. The molecule has 1 fully saturated rings. The molecular weight excluding hydrogens is 226 g/mol. The Kier molecular flexibility index (Phi) is 2.85. The second-order valence-corrected chi connectivity index (χ2v) is 4.91. The number of carbonyl (C=O) groups is 1. The van der Waals surface area contributed by atoms with Gasteiger partial charge < -0.3 is 5.32 Å². The van der Waals surface area contributed by atoms with Crippen molar-refractivity contribution in [3.05, 3.63) is 29.6 Å². The van der Waals surface area contributed by atoms with Gasteiger partial charge in [0.25, 0.3) is 5.91 Å². The normalized spacial score (nSPS) is 15.8. The van der Waals surface area contributed by atoms with Crippen molar-refractivity contribution in [2.45, 2.75) is 32.2 Å². The van der Waals surface area contributed by atoms with Crippen molar-refractivity contribution in [2.75, 3.05) is 0 Å². The molecule has 0 spiro atoms. The number of nitrogens with one attached hydrogen (secondary N) is 1. The number of hydrogen-bond donors (Lipinski definition) is 1. The Morgan fingerprint density at radius 2 is 2.12 bits per heavy atom. The van der Waals surface area contributed by atoms with Gasteiger partial charge in [-0.3, -0.25) is 4.79 Å². The van der Waals surface area contributed by atoms with Crippen molar-refractivity contribution < 1.29 is 13.6 Å². The minimum absolute atomic E-state index is 0.300. The first-order valence-corrected chi connectivity index (χ1v) is 5.54. The molecule has 1 N–H and O–H groups in total. The molecular formula is C12H14F2N2O. The fourth-order valence-electron chi connectivity index (χ4n) is 1.86. The van der Waals surface area contributed by atoms with Crippen molar-refractivity contribution in [1.82, 2.24) is 10.3 Å². The molecule has 1 saturated carbocycles. The summed E-state index contributed by atoms with van der Waals surface area (Å²) in [5.74, 6) is -2.62. The Labute approximate surface area is 98.2 Å². The van der Waals surface area contributed by atoms with Crippen molar-refractivity contribution in [1.29, 1.82) is 0 Å². The van der Waals surface area contributed by atoms with Crippen LogP contribution in [0.1, 0.15) is 37.0 Å². The maximum absolute atomic E-state index is 13.3. The molecule has 0 aromatic carbocycles. The van der Waals surface area contributed by atoms with Gasteiger partial charge >= 0.3 is 0 Å². The molecule has 0 unspecified atom stereocenters. The summed E-state index contributed by atoms with van der Waals surface area (Å²) in [5, 5.41) is 2.73. The number of carbonyl (C=O) groups excluding carboxylic acids is 1. The Bertz CT molecular complexity index is 456. The average molecular weight is 240 g/mol. The monoisotopic (exact) mass is 240 g/mol. The van der Waals surface area contributed by atoms with E-state index in [9.17, 15) is 13.6 Å². The number of amides is 1. The zero-order chi connectivity index (χ0) is 12.6.